The normalized spacial score (nSPS) is 11.9. The van der Waals surface area contributed by atoms with E-state index >= 15 is 0 Å². The quantitative estimate of drug-likeness (QED) is 0.699. The van der Waals surface area contributed by atoms with E-state index in [1.54, 1.807) is 18.2 Å². The molecule has 5 nitrogen and oxygen atoms in total. The van der Waals surface area contributed by atoms with Crippen molar-refractivity contribution in [3.8, 4) is 0 Å². The zero-order valence-electron chi connectivity index (χ0n) is 10.6. The van der Waals surface area contributed by atoms with Gasteiger partial charge in [0.1, 0.15) is 0 Å². The van der Waals surface area contributed by atoms with Gasteiger partial charge in [0.25, 0.3) is 5.91 Å². The maximum Gasteiger partial charge on any atom is 0.305 e. The standard InChI is InChI=1S/C13H17BrN2O3/c1-2-3-9(7-12(17)18)16-13(19)8-4-5-11(15)10(14)6-8/h4-6,9H,2-3,7,15H2,1H3,(H,16,19)(H,17,18). The van der Waals surface area contributed by atoms with Gasteiger partial charge in [0.05, 0.1) is 6.42 Å². The monoisotopic (exact) mass is 328 g/mol. The lowest BCUT2D eigenvalue weighted by atomic mass is 10.1. The van der Waals surface area contributed by atoms with Gasteiger partial charge in [-0.05, 0) is 40.5 Å². The molecule has 0 aliphatic heterocycles. The molecule has 0 aliphatic rings. The number of carboxylic acid groups (broad SMARTS) is 1. The Kier molecular flexibility index (Phi) is 5.82. The SMILES string of the molecule is CCCC(CC(=O)O)NC(=O)c1ccc(N)c(Br)c1. The first-order valence-electron chi connectivity index (χ1n) is 6.01. The number of rotatable bonds is 6. The van der Waals surface area contributed by atoms with E-state index in [0.717, 1.165) is 6.42 Å². The molecule has 0 spiro atoms. The maximum atomic E-state index is 12.0. The van der Waals surface area contributed by atoms with Crippen molar-refractivity contribution in [3.05, 3.63) is 28.2 Å². The van der Waals surface area contributed by atoms with Gasteiger partial charge in [-0.25, -0.2) is 0 Å². The molecule has 0 saturated carbocycles. The second-order valence-corrected chi connectivity index (χ2v) is 5.15. The van der Waals surface area contributed by atoms with E-state index in [-0.39, 0.29) is 18.4 Å². The zero-order valence-corrected chi connectivity index (χ0v) is 12.2. The lowest BCUT2D eigenvalue weighted by Gasteiger charge is -2.16. The van der Waals surface area contributed by atoms with Crippen LogP contribution in [0.5, 0.6) is 0 Å². The number of nitrogens with one attached hydrogen (secondary N) is 1. The summed E-state index contributed by atoms with van der Waals surface area (Å²) in [6, 6.07) is 4.50. The van der Waals surface area contributed by atoms with Gasteiger partial charge in [0.2, 0.25) is 0 Å². The van der Waals surface area contributed by atoms with Gasteiger partial charge >= 0.3 is 5.97 Å². The molecule has 1 atom stereocenters. The van der Waals surface area contributed by atoms with Gasteiger partial charge in [-0.1, -0.05) is 13.3 Å². The topological polar surface area (TPSA) is 92.4 Å². The van der Waals surface area contributed by atoms with Crippen LogP contribution < -0.4 is 11.1 Å². The number of halogens is 1. The number of hydrogen-bond acceptors (Lipinski definition) is 3. The lowest BCUT2D eigenvalue weighted by molar-refractivity contribution is -0.137. The van der Waals surface area contributed by atoms with Crippen molar-refractivity contribution in [2.24, 2.45) is 0 Å². The largest absolute Gasteiger partial charge is 0.481 e. The molecule has 1 aromatic carbocycles. The molecule has 1 amide bonds. The number of nitrogens with two attached hydrogens (primary N) is 1. The Morgan fingerprint density at radius 2 is 2.16 bits per heavy atom. The molecule has 0 saturated heterocycles. The number of carbonyl (C=O) groups is 2. The van der Waals surface area contributed by atoms with Crippen LogP contribution in [0.2, 0.25) is 0 Å². The van der Waals surface area contributed by atoms with Crippen LogP contribution in [-0.4, -0.2) is 23.0 Å². The molecule has 0 fully saturated rings. The molecule has 0 aromatic heterocycles. The van der Waals surface area contributed by atoms with Gasteiger partial charge in [0, 0.05) is 21.8 Å². The Balaban J connectivity index is 2.75. The fourth-order valence-corrected chi connectivity index (χ4v) is 2.10. The third-order valence-corrected chi connectivity index (χ3v) is 3.34. The summed E-state index contributed by atoms with van der Waals surface area (Å²) in [6.45, 7) is 1.95. The number of hydrogen-bond donors (Lipinski definition) is 3. The summed E-state index contributed by atoms with van der Waals surface area (Å²) < 4.78 is 0.644. The molecule has 0 aliphatic carbocycles. The second-order valence-electron chi connectivity index (χ2n) is 4.29. The van der Waals surface area contributed by atoms with Crippen molar-refractivity contribution >= 4 is 33.5 Å². The summed E-state index contributed by atoms with van der Waals surface area (Å²) in [6.07, 6.45) is 1.37. The molecule has 0 bridgehead atoms. The molecule has 1 rings (SSSR count). The first-order chi connectivity index (χ1) is 8.93. The molecule has 1 unspecified atom stereocenters. The van der Waals surface area contributed by atoms with E-state index in [1.807, 2.05) is 6.92 Å². The summed E-state index contributed by atoms with van der Waals surface area (Å²) in [5.41, 5.74) is 6.65. The van der Waals surface area contributed by atoms with Crippen molar-refractivity contribution in [1.82, 2.24) is 5.32 Å². The number of carboxylic acids is 1. The van der Waals surface area contributed by atoms with E-state index in [0.29, 0.717) is 22.1 Å². The number of anilines is 1. The van der Waals surface area contributed by atoms with E-state index in [9.17, 15) is 9.59 Å². The van der Waals surface area contributed by atoms with E-state index in [2.05, 4.69) is 21.2 Å². The summed E-state index contributed by atoms with van der Waals surface area (Å²) in [7, 11) is 0. The van der Waals surface area contributed by atoms with Crippen molar-refractivity contribution in [2.45, 2.75) is 32.2 Å². The van der Waals surface area contributed by atoms with Crippen LogP contribution in [0.25, 0.3) is 0 Å². The number of benzene rings is 1. The molecule has 104 valence electrons. The van der Waals surface area contributed by atoms with Crippen LogP contribution in [-0.2, 0) is 4.79 Å². The highest BCUT2D eigenvalue weighted by atomic mass is 79.9. The fourth-order valence-electron chi connectivity index (χ4n) is 1.72. The highest BCUT2D eigenvalue weighted by Gasteiger charge is 2.16. The van der Waals surface area contributed by atoms with E-state index < -0.39 is 5.97 Å². The molecule has 0 radical (unpaired) electrons. The highest BCUT2D eigenvalue weighted by Crippen LogP contribution is 2.20. The van der Waals surface area contributed by atoms with Crippen molar-refractivity contribution in [3.63, 3.8) is 0 Å². The summed E-state index contributed by atoms with van der Waals surface area (Å²) in [5, 5.41) is 11.5. The molecule has 4 N–H and O–H groups in total. The fraction of sp³-hybridized carbons (Fsp3) is 0.385. The second kappa shape index (κ2) is 7.13. The predicted octanol–water partition coefficient (Wildman–Crippen LogP) is 2.40. The average molecular weight is 329 g/mol. The van der Waals surface area contributed by atoms with E-state index in [4.69, 9.17) is 10.8 Å². The average Bonchev–Trinajstić information content (AvgIpc) is 2.32. The molecular weight excluding hydrogens is 312 g/mol. The van der Waals surface area contributed by atoms with Crippen LogP contribution in [0.1, 0.15) is 36.5 Å². The Labute approximate surface area is 120 Å². The van der Waals surface area contributed by atoms with Crippen LogP contribution in [0.3, 0.4) is 0 Å². The van der Waals surface area contributed by atoms with Crippen molar-refractivity contribution in [1.29, 1.82) is 0 Å². The number of nitrogen functional groups attached to an aromatic ring is 1. The Hall–Kier alpha value is -1.56. The summed E-state index contributed by atoms with van der Waals surface area (Å²) in [5.74, 6) is -1.21. The maximum absolute atomic E-state index is 12.0. The first-order valence-corrected chi connectivity index (χ1v) is 6.81. The van der Waals surface area contributed by atoms with Crippen molar-refractivity contribution < 1.29 is 14.7 Å². The summed E-state index contributed by atoms with van der Waals surface area (Å²) >= 11 is 3.25. The molecular formula is C13H17BrN2O3. The van der Waals surface area contributed by atoms with Crippen molar-refractivity contribution in [2.75, 3.05) is 5.73 Å². The van der Waals surface area contributed by atoms with Crippen LogP contribution >= 0.6 is 15.9 Å². The number of aliphatic carboxylic acids is 1. The highest BCUT2D eigenvalue weighted by molar-refractivity contribution is 9.10. The van der Waals surface area contributed by atoms with Gasteiger partial charge in [-0.15, -0.1) is 0 Å². The third-order valence-electron chi connectivity index (χ3n) is 2.66. The van der Waals surface area contributed by atoms with Crippen LogP contribution in [0.4, 0.5) is 5.69 Å². The zero-order chi connectivity index (χ0) is 14.4. The molecule has 0 heterocycles. The minimum absolute atomic E-state index is 0.0737. The Bertz CT molecular complexity index is 477. The predicted molar refractivity (Wildman–Crippen MR) is 77.0 cm³/mol. The van der Waals surface area contributed by atoms with Gasteiger partial charge < -0.3 is 16.2 Å². The lowest BCUT2D eigenvalue weighted by Crippen LogP contribution is -2.36. The number of amides is 1. The minimum Gasteiger partial charge on any atom is -0.481 e. The summed E-state index contributed by atoms with van der Waals surface area (Å²) in [4.78, 5) is 22.7. The minimum atomic E-state index is -0.919. The molecule has 1 aromatic rings. The van der Waals surface area contributed by atoms with Gasteiger partial charge in [0.15, 0.2) is 0 Å². The number of carbonyl (C=O) groups excluding carboxylic acids is 1. The molecule has 19 heavy (non-hydrogen) atoms. The smallest absolute Gasteiger partial charge is 0.305 e. The third kappa shape index (κ3) is 4.90. The molecule has 6 heteroatoms. The van der Waals surface area contributed by atoms with Gasteiger partial charge in [-0.3, -0.25) is 9.59 Å². The van der Waals surface area contributed by atoms with E-state index in [1.165, 1.54) is 0 Å². The Morgan fingerprint density at radius 3 is 2.68 bits per heavy atom. The van der Waals surface area contributed by atoms with Gasteiger partial charge in [-0.2, -0.15) is 0 Å². The first kappa shape index (κ1) is 15.5. The Morgan fingerprint density at radius 1 is 1.47 bits per heavy atom. The van der Waals surface area contributed by atoms with Crippen LogP contribution in [0, 0.1) is 0 Å². The van der Waals surface area contributed by atoms with Crippen LogP contribution in [0.15, 0.2) is 22.7 Å².